The highest BCUT2D eigenvalue weighted by Gasteiger charge is 2.10. The Morgan fingerprint density at radius 1 is 1.11 bits per heavy atom. The maximum atomic E-state index is 5.88. The summed E-state index contributed by atoms with van der Waals surface area (Å²) >= 11 is 5.88. The van der Waals surface area contributed by atoms with E-state index in [4.69, 9.17) is 22.2 Å². The smallest absolute Gasteiger partial charge is 0.118 e. The molecule has 2 rings (SSSR count). The van der Waals surface area contributed by atoms with Crippen molar-refractivity contribution in [3.63, 3.8) is 0 Å². The van der Waals surface area contributed by atoms with Crippen molar-refractivity contribution in [1.82, 2.24) is 5.43 Å². The van der Waals surface area contributed by atoms with E-state index in [0.29, 0.717) is 0 Å². The predicted molar refractivity (Wildman–Crippen MR) is 78.2 cm³/mol. The second kappa shape index (κ2) is 6.57. The van der Waals surface area contributed by atoms with E-state index in [2.05, 4.69) is 5.43 Å². The summed E-state index contributed by atoms with van der Waals surface area (Å²) in [5.41, 5.74) is 5.15. The maximum absolute atomic E-state index is 5.88. The predicted octanol–water partition coefficient (Wildman–Crippen LogP) is 3.10. The molecule has 1 atom stereocenters. The van der Waals surface area contributed by atoms with Crippen LogP contribution in [0.25, 0.3) is 0 Å². The number of benzene rings is 2. The first-order valence-corrected chi connectivity index (χ1v) is 6.45. The van der Waals surface area contributed by atoms with Gasteiger partial charge in [-0.2, -0.15) is 0 Å². The molecule has 3 N–H and O–H groups in total. The van der Waals surface area contributed by atoms with Crippen molar-refractivity contribution < 1.29 is 4.74 Å². The standard InChI is InChI=1S/C15H17ClN2O/c1-19-14-8-4-12(5-9-14)15(18-17)10-11-2-6-13(16)7-3-11/h2-9,15,18H,10,17H2,1H3. The summed E-state index contributed by atoms with van der Waals surface area (Å²) in [5, 5.41) is 0.741. The molecule has 0 spiro atoms. The number of methoxy groups -OCH3 is 1. The fourth-order valence-electron chi connectivity index (χ4n) is 1.97. The Balaban J connectivity index is 2.12. The second-order valence-electron chi connectivity index (χ2n) is 4.32. The quantitative estimate of drug-likeness (QED) is 0.652. The van der Waals surface area contributed by atoms with Gasteiger partial charge in [-0.05, 0) is 41.8 Å². The topological polar surface area (TPSA) is 47.3 Å². The normalized spacial score (nSPS) is 12.2. The van der Waals surface area contributed by atoms with Crippen LogP contribution < -0.4 is 16.0 Å². The average molecular weight is 277 g/mol. The molecule has 0 aliphatic carbocycles. The minimum Gasteiger partial charge on any atom is -0.497 e. The number of ether oxygens (including phenoxy) is 1. The molecule has 0 aliphatic rings. The Labute approximate surface area is 118 Å². The molecule has 0 aromatic heterocycles. The molecule has 0 bridgehead atoms. The highest BCUT2D eigenvalue weighted by Crippen LogP contribution is 2.21. The van der Waals surface area contributed by atoms with Crippen molar-refractivity contribution in [3.8, 4) is 5.75 Å². The third kappa shape index (κ3) is 3.70. The molecule has 0 amide bonds. The zero-order chi connectivity index (χ0) is 13.7. The van der Waals surface area contributed by atoms with Crippen molar-refractivity contribution in [1.29, 1.82) is 0 Å². The average Bonchev–Trinajstić information content (AvgIpc) is 2.47. The summed E-state index contributed by atoms with van der Waals surface area (Å²) in [5.74, 6) is 6.48. The van der Waals surface area contributed by atoms with E-state index in [1.54, 1.807) is 7.11 Å². The fraction of sp³-hybridized carbons (Fsp3) is 0.200. The zero-order valence-corrected chi connectivity index (χ0v) is 11.5. The van der Waals surface area contributed by atoms with E-state index >= 15 is 0 Å². The Morgan fingerprint density at radius 2 is 1.74 bits per heavy atom. The van der Waals surface area contributed by atoms with Gasteiger partial charge in [0.05, 0.1) is 7.11 Å². The van der Waals surface area contributed by atoms with Gasteiger partial charge in [0, 0.05) is 11.1 Å². The molecular weight excluding hydrogens is 260 g/mol. The van der Waals surface area contributed by atoms with Gasteiger partial charge in [-0.15, -0.1) is 0 Å². The summed E-state index contributed by atoms with van der Waals surface area (Å²) in [6.07, 6.45) is 0.806. The van der Waals surface area contributed by atoms with Gasteiger partial charge in [-0.3, -0.25) is 11.3 Å². The lowest BCUT2D eigenvalue weighted by molar-refractivity contribution is 0.414. The lowest BCUT2D eigenvalue weighted by atomic mass is 9.99. The zero-order valence-electron chi connectivity index (χ0n) is 10.8. The number of hydrogen-bond acceptors (Lipinski definition) is 3. The Bertz CT molecular complexity index is 511. The van der Waals surface area contributed by atoms with Gasteiger partial charge in [-0.1, -0.05) is 35.9 Å². The number of halogens is 1. The number of nitrogens with two attached hydrogens (primary N) is 1. The van der Waals surface area contributed by atoms with Gasteiger partial charge in [0.25, 0.3) is 0 Å². The molecular formula is C15H17ClN2O. The molecule has 2 aromatic carbocycles. The van der Waals surface area contributed by atoms with E-state index in [9.17, 15) is 0 Å². The number of nitrogens with one attached hydrogen (secondary N) is 1. The van der Waals surface area contributed by atoms with Gasteiger partial charge in [-0.25, -0.2) is 0 Å². The van der Waals surface area contributed by atoms with Crippen LogP contribution in [0, 0.1) is 0 Å². The van der Waals surface area contributed by atoms with Crippen LogP contribution in [-0.4, -0.2) is 7.11 Å². The first-order valence-electron chi connectivity index (χ1n) is 6.07. The van der Waals surface area contributed by atoms with E-state index in [1.165, 1.54) is 5.56 Å². The van der Waals surface area contributed by atoms with Crippen LogP contribution in [-0.2, 0) is 6.42 Å². The molecule has 0 saturated heterocycles. The molecule has 0 saturated carbocycles. The van der Waals surface area contributed by atoms with Crippen molar-refractivity contribution >= 4 is 11.6 Å². The van der Waals surface area contributed by atoms with Crippen LogP contribution in [0.5, 0.6) is 5.75 Å². The minimum atomic E-state index is 0.0621. The Morgan fingerprint density at radius 3 is 2.26 bits per heavy atom. The van der Waals surface area contributed by atoms with E-state index in [-0.39, 0.29) is 6.04 Å². The number of hydrogen-bond donors (Lipinski definition) is 2. The first-order chi connectivity index (χ1) is 9.22. The summed E-state index contributed by atoms with van der Waals surface area (Å²) in [4.78, 5) is 0. The van der Waals surface area contributed by atoms with Gasteiger partial charge in [0.1, 0.15) is 5.75 Å². The Kier molecular flexibility index (Phi) is 4.80. The number of hydrazine groups is 1. The third-order valence-corrected chi connectivity index (χ3v) is 3.32. The molecule has 0 fully saturated rings. The SMILES string of the molecule is COc1ccc(C(Cc2ccc(Cl)cc2)NN)cc1. The fourth-order valence-corrected chi connectivity index (χ4v) is 2.09. The summed E-state index contributed by atoms with van der Waals surface area (Å²) in [7, 11) is 1.65. The molecule has 1 unspecified atom stereocenters. The van der Waals surface area contributed by atoms with Gasteiger partial charge >= 0.3 is 0 Å². The summed E-state index contributed by atoms with van der Waals surface area (Å²) in [6.45, 7) is 0. The highest BCUT2D eigenvalue weighted by molar-refractivity contribution is 6.30. The maximum Gasteiger partial charge on any atom is 0.118 e. The molecule has 100 valence electrons. The van der Waals surface area contributed by atoms with Crippen LogP contribution in [0.15, 0.2) is 48.5 Å². The minimum absolute atomic E-state index is 0.0621. The van der Waals surface area contributed by atoms with Crippen molar-refractivity contribution in [2.75, 3.05) is 7.11 Å². The molecule has 19 heavy (non-hydrogen) atoms. The summed E-state index contributed by atoms with van der Waals surface area (Å²) < 4.78 is 5.15. The highest BCUT2D eigenvalue weighted by atomic mass is 35.5. The lowest BCUT2D eigenvalue weighted by Gasteiger charge is -2.17. The first kappa shape index (κ1) is 13.9. The molecule has 0 aliphatic heterocycles. The Hall–Kier alpha value is -1.55. The van der Waals surface area contributed by atoms with E-state index < -0.39 is 0 Å². The van der Waals surface area contributed by atoms with Gasteiger partial charge < -0.3 is 4.74 Å². The van der Waals surface area contributed by atoms with E-state index in [0.717, 1.165) is 22.8 Å². The molecule has 4 heteroatoms. The van der Waals surface area contributed by atoms with E-state index in [1.807, 2.05) is 48.5 Å². The van der Waals surface area contributed by atoms with Crippen molar-refractivity contribution in [2.45, 2.75) is 12.5 Å². The van der Waals surface area contributed by atoms with Gasteiger partial charge in [0.2, 0.25) is 0 Å². The molecule has 0 radical (unpaired) electrons. The lowest BCUT2D eigenvalue weighted by Crippen LogP contribution is -2.29. The summed E-state index contributed by atoms with van der Waals surface area (Å²) in [6, 6.07) is 15.7. The van der Waals surface area contributed by atoms with Crippen LogP contribution in [0.3, 0.4) is 0 Å². The van der Waals surface area contributed by atoms with Crippen molar-refractivity contribution in [3.05, 3.63) is 64.7 Å². The monoisotopic (exact) mass is 276 g/mol. The molecule has 0 heterocycles. The number of rotatable bonds is 5. The van der Waals surface area contributed by atoms with Gasteiger partial charge in [0.15, 0.2) is 0 Å². The van der Waals surface area contributed by atoms with Crippen LogP contribution in [0.2, 0.25) is 5.02 Å². The van der Waals surface area contributed by atoms with Crippen LogP contribution in [0.4, 0.5) is 0 Å². The molecule has 3 nitrogen and oxygen atoms in total. The second-order valence-corrected chi connectivity index (χ2v) is 4.76. The molecule has 2 aromatic rings. The van der Waals surface area contributed by atoms with Crippen LogP contribution in [0.1, 0.15) is 17.2 Å². The largest absolute Gasteiger partial charge is 0.497 e. The van der Waals surface area contributed by atoms with Crippen molar-refractivity contribution in [2.24, 2.45) is 5.84 Å². The third-order valence-electron chi connectivity index (χ3n) is 3.07. The van der Waals surface area contributed by atoms with Crippen LogP contribution >= 0.6 is 11.6 Å².